The van der Waals surface area contributed by atoms with E-state index in [1.807, 2.05) is 13.8 Å². The number of ether oxygens (including phenoxy) is 2. The van der Waals surface area contributed by atoms with Gasteiger partial charge in [-0.05, 0) is 145 Å². The second-order valence-corrected chi connectivity index (χ2v) is 32.7. The van der Waals surface area contributed by atoms with E-state index in [0.29, 0.717) is 51.4 Å². The van der Waals surface area contributed by atoms with Crippen molar-refractivity contribution in [1.29, 1.82) is 0 Å². The molecule has 3 unspecified atom stereocenters. The Balaban J connectivity index is 1.18. The molecule has 0 aromatic heterocycles. The zero-order chi connectivity index (χ0) is 79.4. The Labute approximate surface area is 635 Å². The van der Waals surface area contributed by atoms with E-state index < -0.39 is 198 Å². The molecule has 0 radical (unpaired) electrons. The van der Waals surface area contributed by atoms with E-state index in [1.165, 1.54) is 71.7 Å². The van der Waals surface area contributed by atoms with E-state index >= 15 is 38.4 Å². The number of amides is 12. The summed E-state index contributed by atoms with van der Waals surface area (Å²) in [6, 6.07) is -10.6. The fourth-order valence-electron chi connectivity index (χ4n) is 17.5. The fourth-order valence-corrected chi connectivity index (χ4v) is 18.0. The first-order valence-electron chi connectivity index (χ1n) is 38.9. The third-order valence-electron chi connectivity index (χ3n) is 24.2. The van der Waals surface area contributed by atoms with Gasteiger partial charge in [-0.2, -0.15) is 13.2 Å². The van der Waals surface area contributed by atoms with Crippen LogP contribution in [-0.4, -0.2) is 288 Å². The highest BCUT2D eigenvalue weighted by Gasteiger charge is 2.53. The number of nitrogens with zero attached hydrogens (tertiary/aromatic N) is 9. The maximum Gasteiger partial charge on any atom is 0.522 e. The summed E-state index contributed by atoms with van der Waals surface area (Å²) in [5.41, 5.74) is -1.61. The number of likely N-dealkylation sites (N-methyl/N-ethyl adjacent to an activating group) is 6. The molecule has 108 heavy (non-hydrogen) atoms. The van der Waals surface area contributed by atoms with Gasteiger partial charge in [0.2, 0.25) is 70.9 Å². The summed E-state index contributed by atoms with van der Waals surface area (Å²) in [5.74, 6) is -12.4. The quantitative estimate of drug-likeness (QED) is 0.112. The van der Waals surface area contributed by atoms with Crippen LogP contribution in [0.3, 0.4) is 0 Å². The van der Waals surface area contributed by atoms with Crippen LogP contribution in [0.5, 0.6) is 0 Å². The predicted molar refractivity (Wildman–Crippen MR) is 385 cm³/mol. The van der Waals surface area contributed by atoms with Crippen LogP contribution in [0.1, 0.15) is 182 Å². The normalized spacial score (nSPS) is 31.2. The Hall–Kier alpha value is -6.83. The highest BCUT2D eigenvalue weighted by Crippen LogP contribution is 2.44. The van der Waals surface area contributed by atoms with Crippen LogP contribution in [0.4, 0.5) is 26.3 Å². The Morgan fingerprint density at radius 3 is 1.89 bits per heavy atom. The molecule has 608 valence electrons. The van der Waals surface area contributed by atoms with E-state index in [1.54, 1.807) is 26.0 Å². The highest BCUT2D eigenvalue weighted by molar-refractivity contribution is 6.21. The molecule has 2 bridgehead atoms. The molecular weight excluding hydrogens is 1440 g/mol. The minimum atomic E-state index is -4.91. The summed E-state index contributed by atoms with van der Waals surface area (Å²) in [6.45, 7) is 6.24. The molecule has 4 heterocycles. The van der Waals surface area contributed by atoms with Gasteiger partial charge in [0.05, 0.1) is 44.7 Å². The molecule has 8 rings (SSSR count). The predicted octanol–water partition coefficient (Wildman–Crippen LogP) is 6.15. The van der Waals surface area contributed by atoms with E-state index in [9.17, 15) is 45.5 Å². The van der Waals surface area contributed by atoms with Gasteiger partial charge >= 0.3 is 12.5 Å². The topological polar surface area (TPSA) is 289 Å². The number of morpholine rings is 1. The first-order valence-corrected chi connectivity index (χ1v) is 39.3. The molecule has 0 aromatic carbocycles. The zero-order valence-electron chi connectivity index (χ0n) is 64.4. The fraction of sp³-hybridized carbons (Fsp3) is 0.813. The van der Waals surface area contributed by atoms with Gasteiger partial charge in [-0.3, -0.25) is 62.3 Å². The van der Waals surface area contributed by atoms with Crippen LogP contribution in [0.15, 0.2) is 12.2 Å². The Kier molecular flexibility index (Phi) is 30.5. The second kappa shape index (κ2) is 37.9. The zero-order valence-corrected chi connectivity index (χ0v) is 65.2. The Morgan fingerprint density at radius 2 is 1.28 bits per heavy atom. The smallest absolute Gasteiger partial charge is 0.378 e. The third-order valence-corrected chi connectivity index (χ3v) is 24.7. The molecule has 3 N–H and O–H groups in total. The van der Waals surface area contributed by atoms with E-state index in [4.69, 9.17) is 16.3 Å². The molecule has 4 aliphatic carbocycles. The number of halogens is 7. The minimum absolute atomic E-state index is 0.00131. The molecule has 4 saturated carbocycles. The molecular formula is C75H115ClF6N12O14. The number of hydrogen-bond donors (Lipinski definition) is 3. The van der Waals surface area contributed by atoms with Gasteiger partial charge in [-0.25, -0.2) is 0 Å². The van der Waals surface area contributed by atoms with Crippen LogP contribution in [0, 0.1) is 35.5 Å². The van der Waals surface area contributed by atoms with Gasteiger partial charge in [-0.1, -0.05) is 72.0 Å². The number of carbonyl (C=O) groups is 12. The molecule has 12 atom stereocenters. The lowest BCUT2D eigenvalue weighted by Crippen LogP contribution is -2.65. The van der Waals surface area contributed by atoms with Crippen molar-refractivity contribution >= 4 is 82.5 Å². The average Bonchev–Trinajstić information content (AvgIpc) is 1.54. The summed E-state index contributed by atoms with van der Waals surface area (Å²) in [5, 5.41) is 7.44. The van der Waals surface area contributed by atoms with Crippen molar-refractivity contribution in [2.75, 3.05) is 94.8 Å². The van der Waals surface area contributed by atoms with Gasteiger partial charge in [0.25, 0.3) is 0 Å². The van der Waals surface area contributed by atoms with Gasteiger partial charge in [0.1, 0.15) is 53.9 Å². The van der Waals surface area contributed by atoms with Crippen LogP contribution >= 0.6 is 11.6 Å². The molecule has 3 saturated heterocycles. The Bertz CT molecular complexity index is 3230. The molecule has 8 aliphatic rings. The number of hydrogen-bond acceptors (Lipinski definition) is 14. The van der Waals surface area contributed by atoms with Gasteiger partial charge in [0.15, 0.2) is 0 Å². The van der Waals surface area contributed by atoms with Crippen molar-refractivity contribution in [3.05, 3.63) is 12.2 Å². The van der Waals surface area contributed by atoms with Crippen LogP contribution in [-0.2, 0) is 67.0 Å². The van der Waals surface area contributed by atoms with Gasteiger partial charge in [0, 0.05) is 73.8 Å². The number of nitrogens with one attached hydrogen (secondary N) is 3. The van der Waals surface area contributed by atoms with Crippen molar-refractivity contribution in [2.45, 2.75) is 260 Å². The highest BCUT2D eigenvalue weighted by atomic mass is 35.5. The largest absolute Gasteiger partial charge is 0.522 e. The summed E-state index contributed by atoms with van der Waals surface area (Å²) < 4.78 is 92.6. The standard InChI is InChI=1S/C75H115ClF6N12O14/c1-11-46(4)62-70(104)87(6)44-61(97)88(7)55-21-14-17-33-94(69(55)103)58(41-48-23-27-50(28-24-48)108-75(80,81)82)67(101)86(5)43-59(95)83-53(30-26-47-25-29-51(52(76)40-47)74(77,78)79)66(100)93-34-18-22-54(93)65(99)85-73(31-15-16-32-73)72(106)91(10)63(49-19-12-13-20-49)71(105)90(9)57(68(102)92-35-37-107-38-36-92)42-60(96)89(8)56(39-45(2)3)64(98)84-62/h14,17,45-58,62-63H,11-13,15-16,18-44H2,1-10H3,(H,83,95)(H,84,98)(H,85,99)/t46-,47?,48?,50?,51?,52?,53-,54-,55-,56-,57-,58-,62-,63-/m0/s1. The summed E-state index contributed by atoms with van der Waals surface area (Å²) in [6.07, 6.45) is -3.77. The first kappa shape index (κ1) is 86.8. The first-order chi connectivity index (χ1) is 50.9. The van der Waals surface area contributed by atoms with Gasteiger partial charge in [-0.15, -0.1) is 24.8 Å². The van der Waals surface area contributed by atoms with E-state index in [0.717, 1.165) is 14.7 Å². The van der Waals surface area contributed by atoms with E-state index in [2.05, 4.69) is 20.7 Å². The SMILES string of the molecule is CC[C@H](C)[C@@H]1NC(=O)[C@H](CC(C)C)N(C)C(=O)C[C@@H](C(=O)N2CCOCC2)N(C)C(=O)[C@H](C2CCCC2)N(C)C(=O)C2(CCCC2)NC(=O)[C@@H]2CCCN2C(=O)[C@H](CCC2CCC(C(F)(F)F)C(Cl)C2)NC(=O)CN(C)C(=O)[C@H](CC2CCC(OC(F)(F)F)CC2)N2CC=CC[C@@H](C2=O)N(C)C(=O)CN(C)C1=O. The van der Waals surface area contributed by atoms with Crippen molar-refractivity contribution in [3.63, 3.8) is 0 Å². The number of rotatable bonds is 12. The molecule has 7 fully saturated rings. The minimum Gasteiger partial charge on any atom is -0.378 e. The summed E-state index contributed by atoms with van der Waals surface area (Å²) in [4.78, 5) is 193. The van der Waals surface area contributed by atoms with Crippen LogP contribution in [0.2, 0.25) is 0 Å². The molecule has 33 heteroatoms. The van der Waals surface area contributed by atoms with E-state index in [-0.39, 0.29) is 142 Å². The summed E-state index contributed by atoms with van der Waals surface area (Å²) in [7, 11) is 8.28. The number of carbonyl (C=O) groups excluding carboxylic acids is 12. The molecule has 0 aromatic rings. The monoisotopic (exact) mass is 1560 g/mol. The lowest BCUT2D eigenvalue weighted by atomic mass is 9.78. The number of fused-ring (bicyclic) bond motifs is 3. The van der Waals surface area contributed by atoms with Crippen molar-refractivity contribution in [1.82, 2.24) is 60.0 Å². The van der Waals surface area contributed by atoms with Gasteiger partial charge < -0.3 is 64.8 Å². The molecule has 26 nitrogen and oxygen atoms in total. The summed E-state index contributed by atoms with van der Waals surface area (Å²) >= 11 is 6.41. The lowest BCUT2D eigenvalue weighted by molar-refractivity contribution is -0.345. The maximum atomic E-state index is 15.8. The Morgan fingerprint density at radius 1 is 0.639 bits per heavy atom. The molecule has 4 aliphatic heterocycles. The van der Waals surface area contributed by atoms with Crippen molar-refractivity contribution in [2.24, 2.45) is 35.5 Å². The van der Waals surface area contributed by atoms with Crippen LogP contribution < -0.4 is 16.0 Å². The molecule has 1 spiro atoms. The van der Waals surface area contributed by atoms with Crippen molar-refractivity contribution < 1.29 is 93.4 Å². The van der Waals surface area contributed by atoms with Crippen molar-refractivity contribution in [3.8, 4) is 0 Å². The van der Waals surface area contributed by atoms with Crippen LogP contribution in [0.25, 0.3) is 0 Å². The second-order valence-electron chi connectivity index (χ2n) is 32.1. The molecule has 12 amide bonds. The average molecular weight is 1560 g/mol. The lowest BCUT2D eigenvalue weighted by Gasteiger charge is -2.42. The third kappa shape index (κ3) is 21.6. The maximum absolute atomic E-state index is 15.8. The number of alkyl halides is 7.